The highest BCUT2D eigenvalue weighted by molar-refractivity contribution is 7.85. The Hall–Kier alpha value is -1.55. The molecule has 0 spiro atoms. The van der Waals surface area contributed by atoms with Crippen molar-refractivity contribution in [3.63, 3.8) is 0 Å². The molecule has 2 rings (SSSR count). The van der Waals surface area contributed by atoms with Crippen molar-refractivity contribution in [1.82, 2.24) is 0 Å². The van der Waals surface area contributed by atoms with Crippen molar-refractivity contribution in [2.45, 2.75) is 23.6 Å². The Kier molecular flexibility index (Phi) is 3.57. The van der Waals surface area contributed by atoms with E-state index in [1.807, 2.05) is 0 Å². The minimum atomic E-state index is -1.42. The second kappa shape index (κ2) is 4.98. The standard InChI is InChI=1S/C14H12F2OS/c1-9-7-11(3-5-13(9)15)18(17)12-4-6-14(16)10(2)8-12/h3-8H,1-2H3. The summed E-state index contributed by atoms with van der Waals surface area (Å²) in [5, 5.41) is 0. The van der Waals surface area contributed by atoms with Crippen LogP contribution in [-0.2, 0) is 10.8 Å². The van der Waals surface area contributed by atoms with E-state index in [2.05, 4.69) is 0 Å². The van der Waals surface area contributed by atoms with Gasteiger partial charge in [0.2, 0.25) is 0 Å². The third-order valence-electron chi connectivity index (χ3n) is 2.69. The highest BCUT2D eigenvalue weighted by atomic mass is 32.2. The minimum absolute atomic E-state index is 0.328. The largest absolute Gasteiger partial charge is 0.249 e. The third kappa shape index (κ3) is 2.48. The Labute approximate surface area is 107 Å². The quantitative estimate of drug-likeness (QED) is 0.809. The van der Waals surface area contributed by atoms with Gasteiger partial charge in [-0.2, -0.15) is 0 Å². The van der Waals surface area contributed by atoms with Crippen LogP contribution in [0.25, 0.3) is 0 Å². The van der Waals surface area contributed by atoms with Crippen molar-refractivity contribution in [3.8, 4) is 0 Å². The molecular formula is C14H12F2OS. The van der Waals surface area contributed by atoms with E-state index >= 15 is 0 Å². The van der Waals surface area contributed by atoms with Crippen LogP contribution in [0.5, 0.6) is 0 Å². The van der Waals surface area contributed by atoms with Gasteiger partial charge < -0.3 is 0 Å². The van der Waals surface area contributed by atoms with Crippen molar-refractivity contribution in [1.29, 1.82) is 0 Å². The molecule has 0 aliphatic heterocycles. The lowest BCUT2D eigenvalue weighted by Crippen LogP contribution is -1.96. The number of benzene rings is 2. The molecule has 2 aromatic carbocycles. The fourth-order valence-corrected chi connectivity index (χ4v) is 2.82. The van der Waals surface area contributed by atoms with Crippen LogP contribution in [0.1, 0.15) is 11.1 Å². The molecule has 94 valence electrons. The van der Waals surface area contributed by atoms with E-state index in [4.69, 9.17) is 0 Å². The summed E-state index contributed by atoms with van der Waals surface area (Å²) in [6, 6.07) is 8.64. The Morgan fingerprint density at radius 3 is 1.56 bits per heavy atom. The van der Waals surface area contributed by atoms with Gasteiger partial charge in [-0.05, 0) is 61.4 Å². The fourth-order valence-electron chi connectivity index (χ4n) is 1.60. The summed E-state index contributed by atoms with van der Waals surface area (Å²) in [6.07, 6.45) is 0. The molecule has 0 amide bonds. The lowest BCUT2D eigenvalue weighted by molar-refractivity contribution is 0.616. The lowest BCUT2D eigenvalue weighted by atomic mass is 10.2. The Morgan fingerprint density at radius 2 is 1.22 bits per heavy atom. The molecule has 0 aliphatic rings. The molecule has 4 heteroatoms. The summed E-state index contributed by atoms with van der Waals surface area (Å²) in [6.45, 7) is 3.23. The predicted octanol–water partition coefficient (Wildman–Crippen LogP) is 3.75. The molecule has 0 N–H and O–H groups in total. The van der Waals surface area contributed by atoms with Gasteiger partial charge in [0.1, 0.15) is 11.6 Å². The van der Waals surface area contributed by atoms with Crippen LogP contribution in [0.4, 0.5) is 8.78 Å². The zero-order valence-electron chi connectivity index (χ0n) is 10.0. The topological polar surface area (TPSA) is 17.1 Å². The van der Waals surface area contributed by atoms with Gasteiger partial charge in [-0.1, -0.05) is 0 Å². The van der Waals surface area contributed by atoms with Crippen LogP contribution in [0.2, 0.25) is 0 Å². The molecule has 0 aliphatic carbocycles. The number of halogens is 2. The zero-order chi connectivity index (χ0) is 13.3. The first-order chi connectivity index (χ1) is 8.49. The van der Waals surface area contributed by atoms with E-state index in [9.17, 15) is 13.0 Å². The van der Waals surface area contributed by atoms with Crippen molar-refractivity contribution in [2.75, 3.05) is 0 Å². The number of rotatable bonds is 2. The molecule has 0 aromatic heterocycles. The molecule has 0 saturated heterocycles. The summed E-state index contributed by atoms with van der Waals surface area (Å²) in [5.74, 6) is -0.655. The molecule has 2 aromatic rings. The number of hydrogen-bond acceptors (Lipinski definition) is 1. The maximum atomic E-state index is 13.1. The molecule has 0 atom stereocenters. The summed E-state index contributed by atoms with van der Waals surface area (Å²) in [5.41, 5.74) is 0.888. The molecule has 18 heavy (non-hydrogen) atoms. The first-order valence-electron chi connectivity index (χ1n) is 5.43. The Morgan fingerprint density at radius 1 is 0.833 bits per heavy atom. The molecule has 0 fully saturated rings. The maximum absolute atomic E-state index is 13.1. The van der Waals surface area contributed by atoms with E-state index in [1.165, 1.54) is 24.3 Å². The van der Waals surface area contributed by atoms with Gasteiger partial charge in [-0.3, -0.25) is 0 Å². The van der Waals surface area contributed by atoms with E-state index in [0.717, 1.165) is 0 Å². The SMILES string of the molecule is Cc1cc(S(=O)c2ccc(F)c(C)c2)ccc1F. The van der Waals surface area contributed by atoms with Crippen LogP contribution >= 0.6 is 0 Å². The predicted molar refractivity (Wildman–Crippen MR) is 66.9 cm³/mol. The van der Waals surface area contributed by atoms with Crippen LogP contribution in [0.15, 0.2) is 46.2 Å². The van der Waals surface area contributed by atoms with Gasteiger partial charge in [-0.25, -0.2) is 13.0 Å². The monoisotopic (exact) mass is 266 g/mol. The number of hydrogen-bond donors (Lipinski definition) is 0. The summed E-state index contributed by atoms with van der Waals surface area (Å²) in [7, 11) is -1.42. The van der Waals surface area contributed by atoms with Crippen LogP contribution in [0, 0.1) is 25.5 Å². The van der Waals surface area contributed by atoms with Gasteiger partial charge in [0.05, 0.1) is 10.8 Å². The van der Waals surface area contributed by atoms with Crippen LogP contribution in [-0.4, -0.2) is 4.21 Å². The molecule has 0 bridgehead atoms. The van der Waals surface area contributed by atoms with E-state index in [1.54, 1.807) is 26.0 Å². The van der Waals surface area contributed by atoms with Crippen molar-refractivity contribution < 1.29 is 13.0 Å². The Bertz CT molecular complexity index is 570. The maximum Gasteiger partial charge on any atom is 0.126 e. The van der Waals surface area contributed by atoms with Crippen molar-refractivity contribution in [3.05, 3.63) is 59.2 Å². The first kappa shape index (κ1) is 12.9. The third-order valence-corrected chi connectivity index (χ3v) is 4.05. The minimum Gasteiger partial charge on any atom is -0.249 e. The Balaban J connectivity index is 2.41. The second-order valence-electron chi connectivity index (χ2n) is 4.09. The van der Waals surface area contributed by atoms with Gasteiger partial charge >= 0.3 is 0 Å². The van der Waals surface area contributed by atoms with Gasteiger partial charge in [-0.15, -0.1) is 0 Å². The molecular weight excluding hydrogens is 254 g/mol. The van der Waals surface area contributed by atoms with Crippen molar-refractivity contribution in [2.24, 2.45) is 0 Å². The molecule has 0 unspecified atom stereocenters. The van der Waals surface area contributed by atoms with E-state index in [0.29, 0.717) is 20.9 Å². The zero-order valence-corrected chi connectivity index (χ0v) is 10.9. The van der Waals surface area contributed by atoms with Crippen LogP contribution < -0.4 is 0 Å². The molecule has 0 heterocycles. The van der Waals surface area contributed by atoms with E-state index in [-0.39, 0.29) is 11.6 Å². The highest BCUT2D eigenvalue weighted by Crippen LogP contribution is 2.20. The average molecular weight is 266 g/mol. The molecule has 1 nitrogen and oxygen atoms in total. The average Bonchev–Trinajstić information content (AvgIpc) is 2.35. The van der Waals surface area contributed by atoms with Gasteiger partial charge in [0.25, 0.3) is 0 Å². The fraction of sp³-hybridized carbons (Fsp3) is 0.143. The lowest BCUT2D eigenvalue weighted by Gasteiger charge is -2.05. The highest BCUT2D eigenvalue weighted by Gasteiger charge is 2.10. The summed E-state index contributed by atoms with van der Waals surface area (Å²) >= 11 is 0. The molecule has 0 saturated carbocycles. The number of aryl methyl sites for hydroxylation is 2. The van der Waals surface area contributed by atoms with Crippen molar-refractivity contribution >= 4 is 10.8 Å². The molecule has 0 radical (unpaired) electrons. The first-order valence-corrected chi connectivity index (χ1v) is 6.58. The summed E-state index contributed by atoms with van der Waals surface area (Å²) in [4.78, 5) is 1.03. The normalized spacial score (nSPS) is 10.9. The second-order valence-corrected chi connectivity index (χ2v) is 5.57. The van der Waals surface area contributed by atoms with Gasteiger partial charge in [0, 0.05) is 9.79 Å². The smallest absolute Gasteiger partial charge is 0.126 e. The van der Waals surface area contributed by atoms with Gasteiger partial charge in [0.15, 0.2) is 0 Å². The van der Waals surface area contributed by atoms with Crippen LogP contribution in [0.3, 0.4) is 0 Å². The summed E-state index contributed by atoms with van der Waals surface area (Å²) < 4.78 is 38.5. The van der Waals surface area contributed by atoms with E-state index < -0.39 is 10.8 Å².